The van der Waals surface area contributed by atoms with Crippen molar-refractivity contribution in [2.75, 3.05) is 0 Å². The van der Waals surface area contributed by atoms with Crippen LogP contribution >= 0.6 is 0 Å². The van der Waals surface area contributed by atoms with Gasteiger partial charge in [-0.15, -0.1) is 41.3 Å². The summed E-state index contributed by atoms with van der Waals surface area (Å²) in [5.41, 5.74) is 6.94. The van der Waals surface area contributed by atoms with Crippen LogP contribution in [0.4, 0.5) is 8.78 Å². The van der Waals surface area contributed by atoms with Crippen molar-refractivity contribution in [3.8, 4) is 34.1 Å². The number of pyridine rings is 1. The van der Waals surface area contributed by atoms with Crippen molar-refractivity contribution in [1.82, 2.24) is 19.3 Å². The standard InChI is InChI=1S/C37H28F2N4O.Pt/c1-22(2)25-15-29(42-21-26(20-41-42)37-23(3)13-28(39)14-24(37)4)18-31(16-25)44-30-9-10-33-32-7-5-6-8-34(32)43(35(33)19-30)36-17-27(38)11-12-40-36;/h5-17,20-22H,1-4H3;/q-2;+2. The third-order valence-electron chi connectivity index (χ3n) is 7.85. The third kappa shape index (κ3) is 5.69. The summed E-state index contributed by atoms with van der Waals surface area (Å²) in [6.45, 7) is 8.03. The Morgan fingerprint density at radius 3 is 2.36 bits per heavy atom. The molecule has 0 spiro atoms. The van der Waals surface area contributed by atoms with Crippen LogP contribution in [-0.4, -0.2) is 19.3 Å². The second-order valence-electron chi connectivity index (χ2n) is 11.3. The van der Waals surface area contributed by atoms with E-state index < -0.39 is 0 Å². The van der Waals surface area contributed by atoms with Crippen LogP contribution in [0.3, 0.4) is 0 Å². The number of benzene rings is 4. The van der Waals surface area contributed by atoms with Crippen molar-refractivity contribution >= 4 is 21.8 Å². The number of hydrogen-bond donors (Lipinski definition) is 0. The number of halogens is 2. The fourth-order valence-corrected chi connectivity index (χ4v) is 5.82. The second-order valence-corrected chi connectivity index (χ2v) is 11.3. The van der Waals surface area contributed by atoms with E-state index in [0.29, 0.717) is 23.0 Å². The van der Waals surface area contributed by atoms with Gasteiger partial charge in [-0.2, -0.15) is 11.2 Å². The van der Waals surface area contributed by atoms with E-state index in [0.717, 1.165) is 49.6 Å². The molecule has 3 heterocycles. The minimum atomic E-state index is -0.368. The molecule has 0 aliphatic rings. The molecule has 0 aliphatic heterocycles. The van der Waals surface area contributed by atoms with Crippen LogP contribution < -0.4 is 4.74 Å². The van der Waals surface area contributed by atoms with Crippen LogP contribution in [0, 0.1) is 37.6 Å². The number of ether oxygens (including phenoxy) is 1. The maximum absolute atomic E-state index is 14.2. The van der Waals surface area contributed by atoms with Gasteiger partial charge in [-0.05, 0) is 71.8 Å². The van der Waals surface area contributed by atoms with E-state index in [9.17, 15) is 8.78 Å². The van der Waals surface area contributed by atoms with Crippen LogP contribution in [0.2, 0.25) is 0 Å². The van der Waals surface area contributed by atoms with Gasteiger partial charge in [0.05, 0.1) is 6.20 Å². The van der Waals surface area contributed by atoms with Gasteiger partial charge in [-0.1, -0.05) is 37.6 Å². The average Bonchev–Trinajstić information content (AvgIpc) is 3.59. The van der Waals surface area contributed by atoms with Gasteiger partial charge in [0, 0.05) is 41.0 Å². The number of fused-ring (bicyclic) bond motifs is 3. The van der Waals surface area contributed by atoms with Gasteiger partial charge in [0.25, 0.3) is 0 Å². The number of hydrogen-bond acceptors (Lipinski definition) is 3. The summed E-state index contributed by atoms with van der Waals surface area (Å²) in [6.07, 6.45) is 5.17. The molecule has 5 nitrogen and oxygen atoms in total. The summed E-state index contributed by atoms with van der Waals surface area (Å²) in [5.74, 6) is 1.06. The van der Waals surface area contributed by atoms with Gasteiger partial charge in [0.1, 0.15) is 17.5 Å². The van der Waals surface area contributed by atoms with Crippen molar-refractivity contribution in [3.05, 3.63) is 132 Å². The fourth-order valence-electron chi connectivity index (χ4n) is 5.82. The van der Waals surface area contributed by atoms with Crippen LogP contribution in [0.5, 0.6) is 11.5 Å². The van der Waals surface area contributed by atoms with Crippen molar-refractivity contribution in [1.29, 1.82) is 0 Å². The molecule has 0 unspecified atom stereocenters. The first-order chi connectivity index (χ1) is 21.2. The average molecular weight is 778 g/mol. The van der Waals surface area contributed by atoms with E-state index in [4.69, 9.17) is 4.74 Å². The first-order valence-corrected chi connectivity index (χ1v) is 14.4. The maximum Gasteiger partial charge on any atom is 2.00 e. The second kappa shape index (κ2) is 12.1. The zero-order chi connectivity index (χ0) is 30.5. The summed E-state index contributed by atoms with van der Waals surface area (Å²) in [5, 5.41) is 6.58. The first-order valence-electron chi connectivity index (χ1n) is 14.4. The Kier molecular flexibility index (Phi) is 8.15. The molecule has 3 aromatic heterocycles. The summed E-state index contributed by atoms with van der Waals surface area (Å²) < 4.78 is 38.2. The Morgan fingerprint density at radius 2 is 1.60 bits per heavy atom. The van der Waals surface area contributed by atoms with Gasteiger partial charge in [-0.25, -0.2) is 13.8 Å². The summed E-state index contributed by atoms with van der Waals surface area (Å²) in [4.78, 5) is 4.44. The smallest absolute Gasteiger partial charge is 0.509 e. The maximum atomic E-state index is 14.2. The molecule has 45 heavy (non-hydrogen) atoms. The summed E-state index contributed by atoms with van der Waals surface area (Å²) >= 11 is 0. The van der Waals surface area contributed by atoms with Crippen LogP contribution in [0.25, 0.3) is 44.4 Å². The minimum absolute atomic E-state index is 0. The molecule has 0 bridgehead atoms. The van der Waals surface area contributed by atoms with E-state index in [1.165, 1.54) is 30.5 Å². The van der Waals surface area contributed by atoms with Gasteiger partial charge in [0.2, 0.25) is 0 Å². The molecule has 7 aromatic rings. The van der Waals surface area contributed by atoms with Crippen molar-refractivity contribution in [2.45, 2.75) is 33.6 Å². The molecule has 0 atom stereocenters. The Bertz CT molecular complexity index is 2180. The zero-order valence-corrected chi connectivity index (χ0v) is 27.3. The monoisotopic (exact) mass is 777 g/mol. The predicted octanol–water partition coefficient (Wildman–Crippen LogP) is 9.44. The first kappa shape index (κ1) is 30.4. The summed E-state index contributed by atoms with van der Waals surface area (Å²) in [6, 6.07) is 28.4. The van der Waals surface area contributed by atoms with Gasteiger partial charge in [-0.3, -0.25) is 4.68 Å². The Hall–Kier alpha value is -4.61. The molecule has 0 amide bonds. The molecule has 226 valence electrons. The quantitative estimate of drug-likeness (QED) is 0.158. The van der Waals surface area contributed by atoms with Gasteiger partial charge >= 0.3 is 21.1 Å². The normalized spacial score (nSPS) is 11.4. The Labute approximate surface area is 274 Å². The molecule has 0 aliphatic carbocycles. The number of para-hydroxylation sites is 1. The third-order valence-corrected chi connectivity index (χ3v) is 7.85. The van der Waals surface area contributed by atoms with Crippen molar-refractivity contribution in [3.63, 3.8) is 0 Å². The topological polar surface area (TPSA) is 44.9 Å². The molecule has 7 rings (SSSR count). The molecule has 4 aromatic carbocycles. The van der Waals surface area contributed by atoms with E-state index in [-0.39, 0.29) is 38.6 Å². The number of aromatic nitrogens is 4. The molecule has 0 radical (unpaired) electrons. The van der Waals surface area contributed by atoms with Crippen LogP contribution in [0.15, 0.2) is 91.4 Å². The van der Waals surface area contributed by atoms with Crippen LogP contribution in [0.1, 0.15) is 36.5 Å². The van der Waals surface area contributed by atoms with E-state index in [2.05, 4.69) is 36.1 Å². The number of nitrogens with zero attached hydrogens (tertiary/aromatic N) is 4. The molecule has 0 fully saturated rings. The number of rotatable bonds is 6. The Morgan fingerprint density at radius 1 is 0.822 bits per heavy atom. The zero-order valence-electron chi connectivity index (χ0n) is 25.0. The number of aryl methyl sites for hydroxylation is 2. The Balaban J connectivity index is 0.00000357. The van der Waals surface area contributed by atoms with E-state index in [1.807, 2.05) is 73.1 Å². The van der Waals surface area contributed by atoms with Gasteiger partial charge < -0.3 is 9.30 Å². The SMILES string of the molecule is Cc1cc(F)cc(C)c1-c1cnn(-c2[c-]c(Oc3[c-]c4c(cc3)c3ccccc3n4-c3cc(F)ccn3)cc(C(C)C)c2)c1.[Pt+2]. The van der Waals surface area contributed by atoms with Crippen LogP contribution in [-0.2, 0) is 21.1 Å². The molecule has 0 saturated heterocycles. The molecule has 0 saturated carbocycles. The van der Waals surface area contributed by atoms with Gasteiger partial charge in [0.15, 0.2) is 0 Å². The van der Waals surface area contributed by atoms with E-state index in [1.54, 1.807) is 10.9 Å². The molecular formula is C37H28F2N4OPt. The fraction of sp³-hybridized carbons (Fsp3) is 0.135. The molecule has 0 N–H and O–H groups in total. The molecule has 8 heteroatoms. The van der Waals surface area contributed by atoms with Crippen molar-refractivity contribution < 1.29 is 34.6 Å². The summed E-state index contributed by atoms with van der Waals surface area (Å²) in [7, 11) is 0. The molecular weight excluding hydrogens is 750 g/mol. The predicted molar refractivity (Wildman–Crippen MR) is 169 cm³/mol. The van der Waals surface area contributed by atoms with E-state index >= 15 is 0 Å². The largest absolute Gasteiger partial charge is 2.00 e. The van der Waals surface area contributed by atoms with Crippen molar-refractivity contribution in [2.24, 2.45) is 0 Å². The minimum Gasteiger partial charge on any atom is -0.509 e.